The Kier molecular flexibility index (Phi) is 9.62. The van der Waals surface area contributed by atoms with Crippen molar-refractivity contribution >= 4 is 46.8 Å². The summed E-state index contributed by atoms with van der Waals surface area (Å²) in [5.41, 5.74) is 2.17. The molecule has 0 fully saturated rings. The molecule has 0 atom stereocenters. The Labute approximate surface area is 188 Å². The molecule has 29 heavy (non-hydrogen) atoms. The van der Waals surface area contributed by atoms with Gasteiger partial charge < -0.3 is 16.0 Å². The summed E-state index contributed by atoms with van der Waals surface area (Å²) in [5.74, 6) is 1.64. The second-order valence-electron chi connectivity index (χ2n) is 6.43. The van der Waals surface area contributed by atoms with E-state index in [1.165, 1.54) is 5.56 Å². The lowest BCUT2D eigenvalue weighted by atomic mass is 10.1. The Morgan fingerprint density at radius 3 is 2.72 bits per heavy atom. The molecule has 9 heteroatoms. The predicted molar refractivity (Wildman–Crippen MR) is 129 cm³/mol. The monoisotopic (exact) mass is 508 g/mol. The number of nitrogens with zero attached hydrogens (tertiary/aromatic N) is 5. The maximum Gasteiger partial charge on any atom is 0.191 e. The van der Waals surface area contributed by atoms with Crippen molar-refractivity contribution in [3.63, 3.8) is 0 Å². The van der Waals surface area contributed by atoms with E-state index in [1.54, 1.807) is 17.2 Å². The van der Waals surface area contributed by atoms with E-state index in [0.717, 1.165) is 61.8 Å². The van der Waals surface area contributed by atoms with E-state index in [-0.39, 0.29) is 24.0 Å². The molecule has 0 amide bonds. The zero-order chi connectivity index (χ0) is 19.6. The number of guanidine groups is 1. The number of fused-ring (bicyclic) bond motifs is 1. The predicted octanol–water partition coefficient (Wildman–Crippen LogP) is 2.58. The third-order valence-electron chi connectivity index (χ3n) is 4.32. The van der Waals surface area contributed by atoms with Crippen LogP contribution in [0.2, 0.25) is 0 Å². The number of aliphatic imine (C=N–C) groups is 1. The molecule has 0 bridgehead atoms. The van der Waals surface area contributed by atoms with Gasteiger partial charge in [0.2, 0.25) is 0 Å². The van der Waals surface area contributed by atoms with Gasteiger partial charge in [-0.05, 0) is 25.3 Å². The van der Waals surface area contributed by atoms with Gasteiger partial charge in [0.25, 0.3) is 0 Å². The minimum Gasteiger partial charge on any atom is -0.368 e. The van der Waals surface area contributed by atoms with E-state index < -0.39 is 0 Å². The molecule has 3 rings (SSSR count). The summed E-state index contributed by atoms with van der Waals surface area (Å²) in [6.45, 7) is 5.14. The van der Waals surface area contributed by atoms with Crippen LogP contribution in [0.4, 0.5) is 5.82 Å². The highest BCUT2D eigenvalue weighted by atomic mass is 127. The van der Waals surface area contributed by atoms with Gasteiger partial charge >= 0.3 is 0 Å². The van der Waals surface area contributed by atoms with Crippen molar-refractivity contribution in [3.05, 3.63) is 48.4 Å². The first-order valence-corrected chi connectivity index (χ1v) is 9.70. The van der Waals surface area contributed by atoms with E-state index >= 15 is 0 Å². The first-order valence-electron chi connectivity index (χ1n) is 9.70. The van der Waals surface area contributed by atoms with Crippen molar-refractivity contribution < 1.29 is 0 Å². The smallest absolute Gasteiger partial charge is 0.191 e. The van der Waals surface area contributed by atoms with Crippen molar-refractivity contribution in [2.75, 3.05) is 31.5 Å². The van der Waals surface area contributed by atoms with E-state index in [9.17, 15) is 0 Å². The summed E-state index contributed by atoms with van der Waals surface area (Å²) < 4.78 is 1.74. The van der Waals surface area contributed by atoms with Gasteiger partial charge in [0, 0.05) is 33.2 Å². The topological polar surface area (TPSA) is 92.1 Å². The zero-order valence-electron chi connectivity index (χ0n) is 16.9. The van der Waals surface area contributed by atoms with Crippen LogP contribution in [0.25, 0.3) is 11.0 Å². The van der Waals surface area contributed by atoms with E-state index in [1.807, 2.05) is 13.1 Å². The molecule has 3 aromatic rings. The van der Waals surface area contributed by atoms with Crippen LogP contribution in [0, 0.1) is 0 Å². The van der Waals surface area contributed by atoms with Crippen molar-refractivity contribution in [1.29, 1.82) is 0 Å². The Morgan fingerprint density at radius 1 is 1.10 bits per heavy atom. The Morgan fingerprint density at radius 2 is 1.93 bits per heavy atom. The quantitative estimate of drug-likeness (QED) is 0.178. The van der Waals surface area contributed by atoms with Crippen LogP contribution in [0.15, 0.2) is 47.8 Å². The average molecular weight is 508 g/mol. The number of aromatic nitrogens is 4. The maximum atomic E-state index is 4.65. The van der Waals surface area contributed by atoms with Crippen molar-refractivity contribution in [3.8, 4) is 0 Å². The number of nitrogens with one attached hydrogen (secondary N) is 3. The third kappa shape index (κ3) is 6.84. The van der Waals surface area contributed by atoms with Crippen LogP contribution in [-0.2, 0) is 13.5 Å². The van der Waals surface area contributed by atoms with Crippen LogP contribution in [0.5, 0.6) is 0 Å². The molecule has 8 nitrogen and oxygen atoms in total. The van der Waals surface area contributed by atoms with Gasteiger partial charge in [0.1, 0.15) is 12.1 Å². The SMILES string of the molecule is CCNC(=NCCCc1ccccc1)NCCNc1ncnc2c1cnn2C.I. The molecule has 0 unspecified atom stereocenters. The molecular formula is C20H29IN8. The van der Waals surface area contributed by atoms with Crippen molar-refractivity contribution in [2.45, 2.75) is 19.8 Å². The first kappa shape index (κ1) is 22.9. The molecule has 2 heterocycles. The Bertz CT molecular complexity index is 894. The maximum absolute atomic E-state index is 4.65. The van der Waals surface area contributed by atoms with Gasteiger partial charge in [-0.25, -0.2) is 9.97 Å². The fourth-order valence-electron chi connectivity index (χ4n) is 2.93. The molecule has 2 aromatic heterocycles. The molecule has 3 N–H and O–H groups in total. The first-order chi connectivity index (χ1) is 13.8. The Balaban J connectivity index is 0.00000300. The average Bonchev–Trinajstić information content (AvgIpc) is 3.11. The zero-order valence-corrected chi connectivity index (χ0v) is 19.3. The highest BCUT2D eigenvalue weighted by Crippen LogP contribution is 2.16. The number of anilines is 1. The summed E-state index contributed by atoms with van der Waals surface area (Å²) in [7, 11) is 1.87. The largest absolute Gasteiger partial charge is 0.368 e. The van der Waals surface area contributed by atoms with Crippen molar-refractivity contribution in [1.82, 2.24) is 30.4 Å². The summed E-state index contributed by atoms with van der Waals surface area (Å²) in [5, 5.41) is 15.1. The minimum atomic E-state index is 0. The number of aryl methyl sites for hydroxylation is 2. The fraction of sp³-hybridized carbons (Fsp3) is 0.400. The second-order valence-corrected chi connectivity index (χ2v) is 6.43. The van der Waals surface area contributed by atoms with Gasteiger partial charge in [0.15, 0.2) is 11.6 Å². The fourth-order valence-corrected chi connectivity index (χ4v) is 2.93. The molecule has 0 aliphatic rings. The van der Waals surface area contributed by atoms with Crippen LogP contribution in [0.1, 0.15) is 18.9 Å². The molecule has 0 saturated heterocycles. The number of halogens is 1. The lowest BCUT2D eigenvalue weighted by Gasteiger charge is -2.12. The molecule has 0 radical (unpaired) electrons. The molecule has 0 saturated carbocycles. The van der Waals surface area contributed by atoms with Gasteiger partial charge in [-0.3, -0.25) is 9.67 Å². The van der Waals surface area contributed by atoms with Crippen LogP contribution in [-0.4, -0.2) is 51.9 Å². The minimum absolute atomic E-state index is 0. The number of hydrogen-bond acceptors (Lipinski definition) is 5. The van der Waals surface area contributed by atoms with E-state index in [4.69, 9.17) is 0 Å². The standard InChI is InChI=1S/C20H28N8.HI/c1-3-21-20(23-11-7-10-16-8-5-4-6-9-16)24-13-12-22-18-17-14-27-28(2)19(17)26-15-25-18;/h4-6,8-9,14-15H,3,7,10-13H2,1-2H3,(H2,21,23,24)(H,22,25,26);1H. The third-order valence-corrected chi connectivity index (χ3v) is 4.32. The molecular weight excluding hydrogens is 479 g/mol. The number of benzene rings is 1. The lowest BCUT2D eigenvalue weighted by Crippen LogP contribution is -2.39. The molecule has 0 aliphatic heterocycles. The summed E-state index contributed by atoms with van der Waals surface area (Å²) in [6, 6.07) is 10.5. The summed E-state index contributed by atoms with van der Waals surface area (Å²) >= 11 is 0. The lowest BCUT2D eigenvalue weighted by molar-refractivity contribution is 0.784. The van der Waals surface area contributed by atoms with Gasteiger partial charge in [0.05, 0.1) is 11.6 Å². The normalized spacial score (nSPS) is 11.2. The van der Waals surface area contributed by atoms with Gasteiger partial charge in [-0.2, -0.15) is 5.10 Å². The van der Waals surface area contributed by atoms with Crippen molar-refractivity contribution in [2.24, 2.45) is 12.0 Å². The van der Waals surface area contributed by atoms with Crippen LogP contribution in [0.3, 0.4) is 0 Å². The molecule has 1 aromatic carbocycles. The summed E-state index contributed by atoms with van der Waals surface area (Å²) in [6.07, 6.45) is 5.40. The van der Waals surface area contributed by atoms with Gasteiger partial charge in [-0.1, -0.05) is 30.3 Å². The van der Waals surface area contributed by atoms with E-state index in [2.05, 4.69) is 67.2 Å². The molecule has 0 spiro atoms. The van der Waals surface area contributed by atoms with Crippen LogP contribution < -0.4 is 16.0 Å². The number of hydrogen-bond donors (Lipinski definition) is 3. The Hall–Kier alpha value is -2.43. The van der Waals surface area contributed by atoms with E-state index in [0.29, 0.717) is 0 Å². The van der Waals surface area contributed by atoms with Gasteiger partial charge in [-0.15, -0.1) is 24.0 Å². The highest BCUT2D eigenvalue weighted by Gasteiger charge is 2.07. The second kappa shape index (κ2) is 12.2. The summed E-state index contributed by atoms with van der Waals surface area (Å²) in [4.78, 5) is 13.2. The van der Waals surface area contributed by atoms with Crippen LogP contribution >= 0.6 is 24.0 Å². The number of rotatable bonds is 9. The highest BCUT2D eigenvalue weighted by molar-refractivity contribution is 14.0. The molecule has 0 aliphatic carbocycles. The molecule has 156 valence electrons.